The number of ketones is 1. The molecule has 4 aliphatic rings. The SMILES string of the molecule is C=C(C)[C@H]1CC[C@]23C=C(COC(=O)C4=CCC(=O)C=C4)[C@H](CC[C@H]2[C@]1(C)CCC(=O)O)C3. The molecule has 0 aliphatic heterocycles. The number of hydrogen-bond acceptors (Lipinski definition) is 4. The standard InChI is InChI=1S/C27H34O5/c1-17(2)22-10-13-27-14-19(6-9-23(27)26(22,3)12-11-24(29)30)20(15-27)16-32-25(31)18-4-7-21(28)8-5-18/h4-5,7,15,19,22-23H,1,6,8-14,16H2,2-3H3,(H,29,30)/t19-,22-,23+,26-,27+/m1/s1. The van der Waals surface area contributed by atoms with Crippen LogP contribution in [0.2, 0.25) is 0 Å². The molecule has 0 aromatic carbocycles. The highest BCUT2D eigenvalue weighted by Crippen LogP contribution is 2.67. The monoisotopic (exact) mass is 438 g/mol. The zero-order valence-electron chi connectivity index (χ0n) is 19.2. The highest BCUT2D eigenvalue weighted by Gasteiger charge is 2.58. The van der Waals surface area contributed by atoms with Crippen LogP contribution in [0.1, 0.15) is 65.2 Å². The lowest BCUT2D eigenvalue weighted by Crippen LogP contribution is -2.50. The van der Waals surface area contributed by atoms with Crippen LogP contribution in [-0.2, 0) is 19.1 Å². The second-order valence-electron chi connectivity index (χ2n) is 10.6. The average Bonchev–Trinajstić information content (AvgIpc) is 3.00. The van der Waals surface area contributed by atoms with E-state index >= 15 is 0 Å². The first kappa shape index (κ1) is 22.8. The third kappa shape index (κ3) is 4.02. The normalized spacial score (nSPS) is 35.6. The highest BCUT2D eigenvalue weighted by molar-refractivity contribution is 6.00. The number of ether oxygens (including phenoxy) is 1. The van der Waals surface area contributed by atoms with Gasteiger partial charge in [0.25, 0.3) is 0 Å². The van der Waals surface area contributed by atoms with Gasteiger partial charge in [-0.05, 0) is 91.8 Å². The summed E-state index contributed by atoms with van der Waals surface area (Å²) in [5.41, 5.74) is 2.82. The Hall–Kier alpha value is -2.43. The Balaban J connectivity index is 1.52. The Morgan fingerprint density at radius 2 is 2.03 bits per heavy atom. The molecule has 0 aromatic rings. The predicted molar refractivity (Wildman–Crippen MR) is 122 cm³/mol. The maximum absolute atomic E-state index is 12.5. The van der Waals surface area contributed by atoms with Crippen molar-refractivity contribution in [2.24, 2.45) is 28.6 Å². The van der Waals surface area contributed by atoms with Gasteiger partial charge < -0.3 is 9.84 Å². The molecule has 0 saturated heterocycles. The Morgan fingerprint density at radius 1 is 1.25 bits per heavy atom. The van der Waals surface area contributed by atoms with E-state index in [2.05, 4.69) is 26.5 Å². The van der Waals surface area contributed by atoms with Crippen LogP contribution in [0.25, 0.3) is 0 Å². The van der Waals surface area contributed by atoms with Crippen LogP contribution in [0, 0.1) is 28.6 Å². The fourth-order valence-corrected chi connectivity index (χ4v) is 7.25. The summed E-state index contributed by atoms with van der Waals surface area (Å²) in [5, 5.41) is 9.38. The summed E-state index contributed by atoms with van der Waals surface area (Å²) in [4.78, 5) is 35.2. The lowest BCUT2D eigenvalue weighted by molar-refractivity contribution is -0.140. The van der Waals surface area contributed by atoms with Crippen LogP contribution in [0.3, 0.4) is 0 Å². The van der Waals surface area contributed by atoms with E-state index in [1.54, 1.807) is 6.08 Å². The van der Waals surface area contributed by atoms with Crippen LogP contribution in [0.15, 0.2) is 47.6 Å². The summed E-state index contributed by atoms with van der Waals surface area (Å²) in [6.07, 6.45) is 13.4. The van der Waals surface area contributed by atoms with Crippen molar-refractivity contribution in [2.75, 3.05) is 6.61 Å². The Kier molecular flexibility index (Phi) is 6.04. The van der Waals surface area contributed by atoms with Crippen molar-refractivity contribution in [3.05, 3.63) is 47.6 Å². The molecule has 5 atom stereocenters. The van der Waals surface area contributed by atoms with E-state index in [0.717, 1.165) is 32.1 Å². The molecule has 0 heterocycles. The van der Waals surface area contributed by atoms with Crippen molar-refractivity contribution in [1.29, 1.82) is 0 Å². The number of esters is 1. The molecule has 1 N–H and O–H groups in total. The van der Waals surface area contributed by atoms with Gasteiger partial charge in [-0.15, -0.1) is 0 Å². The molecule has 2 saturated carbocycles. The molecule has 0 amide bonds. The molecule has 5 heteroatoms. The fourth-order valence-electron chi connectivity index (χ4n) is 7.25. The quantitative estimate of drug-likeness (QED) is 0.437. The van der Waals surface area contributed by atoms with E-state index in [1.165, 1.54) is 23.3 Å². The zero-order chi connectivity index (χ0) is 23.1. The minimum Gasteiger partial charge on any atom is -0.481 e. The van der Waals surface area contributed by atoms with Crippen LogP contribution in [-0.4, -0.2) is 29.4 Å². The van der Waals surface area contributed by atoms with Crippen LogP contribution >= 0.6 is 0 Å². The summed E-state index contributed by atoms with van der Waals surface area (Å²) in [6, 6.07) is 0. The van der Waals surface area contributed by atoms with E-state index in [0.29, 0.717) is 36.4 Å². The molecule has 1 spiro atoms. The number of aliphatic carboxylic acids is 1. The van der Waals surface area contributed by atoms with Gasteiger partial charge in [0.2, 0.25) is 0 Å². The van der Waals surface area contributed by atoms with Crippen molar-refractivity contribution in [1.82, 2.24) is 0 Å². The predicted octanol–water partition coefficient (Wildman–Crippen LogP) is 5.18. The van der Waals surface area contributed by atoms with Crippen molar-refractivity contribution >= 4 is 17.7 Å². The van der Waals surface area contributed by atoms with Crippen LogP contribution in [0.5, 0.6) is 0 Å². The molecular formula is C27H34O5. The number of hydrogen-bond donors (Lipinski definition) is 1. The minimum atomic E-state index is -0.734. The van der Waals surface area contributed by atoms with Gasteiger partial charge in [-0.2, -0.15) is 0 Å². The van der Waals surface area contributed by atoms with Gasteiger partial charge in [-0.3, -0.25) is 9.59 Å². The number of rotatable bonds is 7. The summed E-state index contributed by atoms with van der Waals surface area (Å²) >= 11 is 0. The molecular weight excluding hydrogens is 404 g/mol. The van der Waals surface area contributed by atoms with Gasteiger partial charge in [0.1, 0.15) is 6.61 Å². The number of carbonyl (C=O) groups is 3. The first-order valence-electron chi connectivity index (χ1n) is 11.8. The lowest BCUT2D eigenvalue weighted by Gasteiger charge is -2.58. The number of carbonyl (C=O) groups excluding carboxylic acids is 2. The number of allylic oxidation sites excluding steroid dienone is 4. The lowest BCUT2D eigenvalue weighted by atomic mass is 9.46. The van der Waals surface area contributed by atoms with Gasteiger partial charge in [0.15, 0.2) is 5.78 Å². The van der Waals surface area contributed by atoms with Crippen LogP contribution < -0.4 is 0 Å². The van der Waals surface area contributed by atoms with E-state index in [-0.39, 0.29) is 35.4 Å². The van der Waals surface area contributed by atoms with Crippen molar-refractivity contribution in [3.8, 4) is 0 Å². The van der Waals surface area contributed by atoms with Crippen LogP contribution in [0.4, 0.5) is 0 Å². The van der Waals surface area contributed by atoms with Gasteiger partial charge in [-0.25, -0.2) is 4.79 Å². The first-order chi connectivity index (χ1) is 15.1. The Morgan fingerprint density at radius 3 is 2.69 bits per heavy atom. The van der Waals surface area contributed by atoms with E-state index in [1.807, 2.05) is 0 Å². The largest absolute Gasteiger partial charge is 0.481 e. The van der Waals surface area contributed by atoms with Gasteiger partial charge in [-0.1, -0.05) is 31.2 Å². The van der Waals surface area contributed by atoms with Gasteiger partial charge in [0, 0.05) is 12.8 Å². The molecule has 0 radical (unpaired) electrons. The number of fused-ring (bicyclic) bond motifs is 1. The van der Waals surface area contributed by atoms with Crippen molar-refractivity contribution < 1.29 is 24.2 Å². The summed E-state index contributed by atoms with van der Waals surface area (Å²) < 4.78 is 5.65. The number of carboxylic acids is 1. The minimum absolute atomic E-state index is 0.00435. The zero-order valence-corrected chi connectivity index (χ0v) is 19.2. The smallest absolute Gasteiger partial charge is 0.338 e. The summed E-state index contributed by atoms with van der Waals surface area (Å²) in [7, 11) is 0. The molecule has 0 aromatic heterocycles. The fraction of sp³-hybridized carbons (Fsp3) is 0.593. The third-order valence-electron chi connectivity index (χ3n) is 8.66. The molecule has 0 unspecified atom stereocenters. The molecule has 32 heavy (non-hydrogen) atoms. The Bertz CT molecular complexity index is 938. The second kappa shape index (κ2) is 8.49. The molecule has 172 valence electrons. The molecule has 5 nitrogen and oxygen atoms in total. The maximum atomic E-state index is 12.5. The van der Waals surface area contributed by atoms with E-state index < -0.39 is 5.97 Å². The Labute approximate surface area is 190 Å². The first-order valence-corrected chi connectivity index (χ1v) is 11.8. The molecule has 4 rings (SSSR count). The highest BCUT2D eigenvalue weighted by atomic mass is 16.5. The van der Waals surface area contributed by atoms with Crippen molar-refractivity contribution in [3.63, 3.8) is 0 Å². The van der Waals surface area contributed by atoms with E-state index in [4.69, 9.17) is 4.74 Å². The summed E-state index contributed by atoms with van der Waals surface area (Å²) in [6.45, 7) is 8.93. The molecule has 2 bridgehead atoms. The van der Waals surface area contributed by atoms with Crippen molar-refractivity contribution in [2.45, 2.75) is 65.2 Å². The average molecular weight is 439 g/mol. The summed E-state index contributed by atoms with van der Waals surface area (Å²) in [5.74, 6) is 0.0861. The molecule has 2 fully saturated rings. The molecule has 4 aliphatic carbocycles. The van der Waals surface area contributed by atoms with E-state index in [9.17, 15) is 19.5 Å². The third-order valence-corrected chi connectivity index (χ3v) is 8.66. The number of carboxylic acid groups (broad SMARTS) is 1. The second-order valence-corrected chi connectivity index (χ2v) is 10.6. The van der Waals surface area contributed by atoms with Gasteiger partial charge >= 0.3 is 11.9 Å². The topological polar surface area (TPSA) is 80.7 Å². The van der Waals surface area contributed by atoms with Gasteiger partial charge in [0.05, 0.1) is 5.57 Å². The maximum Gasteiger partial charge on any atom is 0.338 e.